The van der Waals surface area contributed by atoms with Crippen LogP contribution in [0.1, 0.15) is 116 Å². The second-order valence-corrected chi connectivity index (χ2v) is 12.6. The third-order valence-corrected chi connectivity index (χ3v) is 5.51. The predicted molar refractivity (Wildman–Crippen MR) is 129 cm³/mol. The standard InChI is InChI=1S/C29H42/c1-26(2,3)22-17-13-15-20(24(22)28(7,8)9)19-21-16-14-18-23(27(4,5)6)25(21)29(10,11)12/h13-18H,1-12H3. The van der Waals surface area contributed by atoms with Gasteiger partial charge >= 0.3 is 0 Å². The van der Waals surface area contributed by atoms with Crippen LogP contribution >= 0.6 is 0 Å². The average molecular weight is 391 g/mol. The minimum absolute atomic E-state index is 0.0513. The molecule has 0 bridgehead atoms. The van der Waals surface area contributed by atoms with Crippen molar-refractivity contribution >= 4 is 0 Å². The quantitative estimate of drug-likeness (QED) is 0.483. The van der Waals surface area contributed by atoms with Crippen LogP contribution in [-0.4, -0.2) is 0 Å². The minimum Gasteiger partial charge on any atom is -0.0616 e. The van der Waals surface area contributed by atoms with E-state index >= 15 is 0 Å². The maximum atomic E-state index is 3.88. The van der Waals surface area contributed by atoms with Gasteiger partial charge in [0.05, 0.1) is 6.42 Å². The summed E-state index contributed by atoms with van der Waals surface area (Å²) in [5.41, 5.74) is 8.40. The van der Waals surface area contributed by atoms with Crippen molar-refractivity contribution < 1.29 is 0 Å². The first-order valence-corrected chi connectivity index (χ1v) is 11.0. The molecule has 158 valence electrons. The SMILES string of the molecule is CC(C)(C)c1cccc([C]c2cccc(C(C)(C)C)c2C(C)(C)C)c1C(C)(C)C. The molecular weight excluding hydrogens is 348 g/mol. The van der Waals surface area contributed by atoms with Gasteiger partial charge < -0.3 is 0 Å². The van der Waals surface area contributed by atoms with Crippen LogP contribution in [0.2, 0.25) is 0 Å². The van der Waals surface area contributed by atoms with Gasteiger partial charge in [0.1, 0.15) is 0 Å². The molecule has 2 radical (unpaired) electrons. The number of hydrogen-bond donors (Lipinski definition) is 0. The Labute approximate surface area is 181 Å². The molecule has 0 atom stereocenters. The van der Waals surface area contributed by atoms with Crippen LogP contribution in [0.3, 0.4) is 0 Å². The Morgan fingerprint density at radius 2 is 0.759 bits per heavy atom. The van der Waals surface area contributed by atoms with Crippen molar-refractivity contribution in [2.75, 3.05) is 0 Å². The molecule has 2 rings (SSSR count). The lowest BCUT2D eigenvalue weighted by Gasteiger charge is -2.34. The van der Waals surface area contributed by atoms with E-state index in [1.54, 1.807) is 0 Å². The second kappa shape index (κ2) is 7.60. The van der Waals surface area contributed by atoms with Crippen LogP contribution in [0.4, 0.5) is 0 Å². The maximum Gasteiger partial charge on any atom is 0.0508 e. The van der Waals surface area contributed by atoms with Crippen LogP contribution in [-0.2, 0) is 21.7 Å². The third kappa shape index (κ3) is 5.33. The highest BCUT2D eigenvalue weighted by atomic mass is 14.3. The zero-order valence-corrected chi connectivity index (χ0v) is 21.0. The normalized spacial score (nSPS) is 13.7. The molecule has 0 spiro atoms. The highest BCUT2D eigenvalue weighted by Crippen LogP contribution is 2.41. The van der Waals surface area contributed by atoms with Gasteiger partial charge in [-0.15, -0.1) is 0 Å². The molecule has 0 amide bonds. The van der Waals surface area contributed by atoms with Gasteiger partial charge in [-0.25, -0.2) is 0 Å². The topological polar surface area (TPSA) is 0 Å². The Bertz CT molecular complexity index is 779. The summed E-state index contributed by atoms with van der Waals surface area (Å²) in [6, 6.07) is 13.5. The second-order valence-electron chi connectivity index (χ2n) is 12.6. The van der Waals surface area contributed by atoms with E-state index in [0.717, 1.165) is 0 Å². The summed E-state index contributed by atoms with van der Waals surface area (Å²) in [7, 11) is 0. The molecule has 0 saturated heterocycles. The van der Waals surface area contributed by atoms with Crippen molar-refractivity contribution in [2.45, 2.75) is 105 Å². The van der Waals surface area contributed by atoms with Crippen LogP contribution in [0, 0.1) is 6.42 Å². The number of hydrogen-bond acceptors (Lipinski definition) is 0. The van der Waals surface area contributed by atoms with Gasteiger partial charge in [0.15, 0.2) is 0 Å². The van der Waals surface area contributed by atoms with Crippen molar-refractivity contribution in [3.8, 4) is 0 Å². The summed E-state index contributed by atoms with van der Waals surface area (Å²) in [5.74, 6) is 0. The molecule has 0 aliphatic rings. The van der Waals surface area contributed by atoms with E-state index in [1.165, 1.54) is 33.4 Å². The summed E-state index contributed by atoms with van der Waals surface area (Å²) in [6.45, 7) is 27.8. The summed E-state index contributed by atoms with van der Waals surface area (Å²) in [6.07, 6.45) is 3.88. The highest BCUT2D eigenvalue weighted by molar-refractivity contribution is 5.55. The highest BCUT2D eigenvalue weighted by Gasteiger charge is 2.30. The zero-order chi connectivity index (χ0) is 22.4. The number of benzene rings is 2. The Kier molecular flexibility index (Phi) is 6.22. The van der Waals surface area contributed by atoms with E-state index in [0.29, 0.717) is 0 Å². The fourth-order valence-electron chi connectivity index (χ4n) is 4.32. The molecule has 0 unspecified atom stereocenters. The lowest BCUT2D eigenvalue weighted by Crippen LogP contribution is -2.25. The molecule has 0 N–H and O–H groups in total. The first-order valence-electron chi connectivity index (χ1n) is 11.0. The summed E-state index contributed by atoms with van der Waals surface area (Å²) in [4.78, 5) is 0. The molecule has 0 fully saturated rings. The van der Waals surface area contributed by atoms with E-state index < -0.39 is 0 Å². The Morgan fingerprint density at radius 3 is 1.00 bits per heavy atom. The molecule has 0 aliphatic carbocycles. The molecule has 0 nitrogen and oxygen atoms in total. The summed E-state index contributed by atoms with van der Waals surface area (Å²) in [5, 5.41) is 0. The molecule has 2 aromatic rings. The first kappa shape index (κ1) is 23.7. The lowest BCUT2D eigenvalue weighted by atomic mass is 9.70. The minimum atomic E-state index is 0.0513. The van der Waals surface area contributed by atoms with E-state index in [-0.39, 0.29) is 21.7 Å². The van der Waals surface area contributed by atoms with Gasteiger partial charge in [-0.2, -0.15) is 0 Å². The summed E-state index contributed by atoms with van der Waals surface area (Å²) >= 11 is 0. The van der Waals surface area contributed by atoms with Crippen LogP contribution in [0.25, 0.3) is 0 Å². The van der Waals surface area contributed by atoms with Crippen molar-refractivity contribution in [2.24, 2.45) is 0 Å². The fraction of sp³-hybridized carbons (Fsp3) is 0.552. The van der Waals surface area contributed by atoms with Crippen molar-refractivity contribution in [3.63, 3.8) is 0 Å². The van der Waals surface area contributed by atoms with E-state index in [2.05, 4.69) is 126 Å². The van der Waals surface area contributed by atoms with Gasteiger partial charge in [0, 0.05) is 0 Å². The monoisotopic (exact) mass is 390 g/mol. The Morgan fingerprint density at radius 1 is 0.448 bits per heavy atom. The molecule has 0 saturated carbocycles. The first-order chi connectivity index (χ1) is 12.9. The largest absolute Gasteiger partial charge is 0.0616 e. The molecule has 0 heterocycles. The lowest BCUT2D eigenvalue weighted by molar-refractivity contribution is 0.525. The molecule has 2 aromatic carbocycles. The van der Waals surface area contributed by atoms with Crippen molar-refractivity contribution in [1.82, 2.24) is 0 Å². The maximum absolute atomic E-state index is 3.88. The smallest absolute Gasteiger partial charge is 0.0508 e. The fourth-order valence-corrected chi connectivity index (χ4v) is 4.32. The van der Waals surface area contributed by atoms with Gasteiger partial charge in [-0.1, -0.05) is 119 Å². The molecular formula is C29H42. The Hall–Kier alpha value is -1.56. The van der Waals surface area contributed by atoms with Crippen LogP contribution in [0.5, 0.6) is 0 Å². The zero-order valence-electron chi connectivity index (χ0n) is 21.0. The molecule has 29 heavy (non-hydrogen) atoms. The third-order valence-electron chi connectivity index (χ3n) is 5.51. The van der Waals surface area contributed by atoms with E-state index in [4.69, 9.17) is 0 Å². The van der Waals surface area contributed by atoms with Crippen molar-refractivity contribution in [3.05, 3.63) is 76.2 Å². The van der Waals surface area contributed by atoms with Crippen molar-refractivity contribution in [1.29, 1.82) is 0 Å². The molecule has 0 heteroatoms. The molecule has 0 aliphatic heterocycles. The van der Waals surface area contributed by atoms with Gasteiger partial charge in [-0.05, 0) is 55.0 Å². The average Bonchev–Trinajstić information content (AvgIpc) is 2.50. The van der Waals surface area contributed by atoms with E-state index in [1.807, 2.05) is 0 Å². The Balaban J connectivity index is 2.77. The van der Waals surface area contributed by atoms with Gasteiger partial charge in [-0.3, -0.25) is 0 Å². The van der Waals surface area contributed by atoms with Crippen LogP contribution in [0.15, 0.2) is 36.4 Å². The van der Waals surface area contributed by atoms with Crippen LogP contribution < -0.4 is 0 Å². The number of rotatable bonds is 2. The summed E-state index contributed by atoms with van der Waals surface area (Å²) < 4.78 is 0. The van der Waals surface area contributed by atoms with E-state index in [9.17, 15) is 0 Å². The van der Waals surface area contributed by atoms with Gasteiger partial charge in [0.25, 0.3) is 0 Å². The van der Waals surface area contributed by atoms with Gasteiger partial charge in [0.2, 0.25) is 0 Å². The molecule has 0 aromatic heterocycles. The predicted octanol–water partition coefficient (Wildman–Crippen LogP) is 8.35.